The standard InChI is InChI=1S/C22H21ClN4O5S3/c1-24-35(31,32)19-5-3-2-4-17(19)15-6-9-21(25-14-15)27-12-10-18(22(27)28)26-34(29,30)13-11-16-7-8-20(23)33-16/h2-9,11,13-14,18,24,26H,10,12H2,1H3/b13-11+. The Morgan fingerprint density at radius 1 is 1.11 bits per heavy atom. The van der Waals surface area contributed by atoms with Crippen LogP contribution in [-0.4, -0.2) is 47.4 Å². The number of carbonyl (C=O) groups is 1. The van der Waals surface area contributed by atoms with Crippen molar-refractivity contribution in [3.63, 3.8) is 0 Å². The number of carbonyl (C=O) groups excluding carboxylic acids is 1. The molecule has 3 heterocycles. The third-order valence-corrected chi connectivity index (χ3v) is 9.07. The number of aromatic nitrogens is 1. The molecule has 1 saturated heterocycles. The molecule has 2 aromatic heterocycles. The maximum atomic E-state index is 12.9. The van der Waals surface area contributed by atoms with Crippen LogP contribution in [0.3, 0.4) is 0 Å². The van der Waals surface area contributed by atoms with E-state index in [0.717, 1.165) is 5.41 Å². The number of nitrogens with zero attached hydrogens (tertiary/aromatic N) is 2. The fourth-order valence-corrected chi connectivity index (χ4v) is 6.61. The van der Waals surface area contributed by atoms with Crippen molar-refractivity contribution >= 4 is 60.8 Å². The van der Waals surface area contributed by atoms with Crippen LogP contribution in [0.15, 0.2) is 65.0 Å². The van der Waals surface area contributed by atoms with Gasteiger partial charge in [0, 0.05) is 34.2 Å². The summed E-state index contributed by atoms with van der Waals surface area (Å²) in [6, 6.07) is 12.2. The summed E-state index contributed by atoms with van der Waals surface area (Å²) in [6.45, 7) is 0.285. The van der Waals surface area contributed by atoms with Gasteiger partial charge in [-0.15, -0.1) is 11.3 Å². The zero-order valence-electron chi connectivity index (χ0n) is 18.4. The van der Waals surface area contributed by atoms with E-state index in [9.17, 15) is 21.6 Å². The summed E-state index contributed by atoms with van der Waals surface area (Å²) in [5.74, 6) is -0.0715. The van der Waals surface area contributed by atoms with Gasteiger partial charge < -0.3 is 0 Å². The number of pyridine rings is 1. The Morgan fingerprint density at radius 2 is 1.89 bits per heavy atom. The third-order valence-electron chi connectivity index (χ3n) is 5.30. The second kappa shape index (κ2) is 10.2. The highest BCUT2D eigenvalue weighted by Crippen LogP contribution is 2.29. The first-order valence-corrected chi connectivity index (χ1v) is 14.6. The smallest absolute Gasteiger partial charge is 0.246 e. The van der Waals surface area contributed by atoms with Crippen LogP contribution in [0.4, 0.5) is 5.82 Å². The molecule has 0 radical (unpaired) electrons. The molecule has 0 bridgehead atoms. The number of thiophene rings is 1. The quantitative estimate of drug-likeness (QED) is 0.442. The van der Waals surface area contributed by atoms with Crippen molar-refractivity contribution in [1.82, 2.24) is 14.4 Å². The van der Waals surface area contributed by atoms with Gasteiger partial charge in [-0.05, 0) is 49.9 Å². The zero-order valence-corrected chi connectivity index (χ0v) is 21.6. The van der Waals surface area contributed by atoms with Gasteiger partial charge >= 0.3 is 0 Å². The lowest BCUT2D eigenvalue weighted by atomic mass is 10.1. The van der Waals surface area contributed by atoms with Crippen LogP contribution >= 0.6 is 22.9 Å². The number of halogens is 1. The Bertz CT molecular complexity index is 1490. The van der Waals surface area contributed by atoms with Gasteiger partial charge in [0.05, 0.1) is 9.23 Å². The number of nitrogens with one attached hydrogen (secondary N) is 2. The second-order valence-corrected chi connectivity index (χ2v) is 12.7. The highest BCUT2D eigenvalue weighted by molar-refractivity contribution is 7.92. The van der Waals surface area contributed by atoms with Gasteiger partial charge in [-0.2, -0.15) is 4.72 Å². The average Bonchev–Trinajstić information content (AvgIpc) is 3.43. The summed E-state index contributed by atoms with van der Waals surface area (Å²) in [5.41, 5.74) is 1.03. The molecule has 1 atom stereocenters. The number of amides is 1. The van der Waals surface area contributed by atoms with Gasteiger partial charge in [-0.3, -0.25) is 9.69 Å². The molecule has 1 fully saturated rings. The van der Waals surface area contributed by atoms with Gasteiger partial charge in [-0.1, -0.05) is 29.8 Å². The Morgan fingerprint density at radius 3 is 2.54 bits per heavy atom. The normalized spacial score (nSPS) is 16.9. The van der Waals surface area contributed by atoms with E-state index in [4.69, 9.17) is 11.6 Å². The molecular weight excluding hydrogens is 532 g/mol. The first kappa shape index (κ1) is 25.5. The highest BCUT2D eigenvalue weighted by Gasteiger charge is 2.35. The fraction of sp³-hybridized carbons (Fsp3) is 0.182. The number of benzene rings is 1. The highest BCUT2D eigenvalue weighted by atomic mass is 35.5. The Labute approximate surface area is 212 Å². The molecule has 13 heteroatoms. The summed E-state index contributed by atoms with van der Waals surface area (Å²) in [5, 5.41) is 1.01. The molecular formula is C22H21ClN4O5S3. The molecule has 2 N–H and O–H groups in total. The molecule has 184 valence electrons. The summed E-state index contributed by atoms with van der Waals surface area (Å²) < 4.78 is 54.8. The summed E-state index contributed by atoms with van der Waals surface area (Å²) in [7, 11) is -6.19. The fourth-order valence-electron chi connectivity index (χ4n) is 3.58. The van der Waals surface area contributed by atoms with Crippen LogP contribution in [-0.2, 0) is 24.8 Å². The maximum absolute atomic E-state index is 12.9. The minimum Gasteiger partial charge on any atom is -0.295 e. The first-order chi connectivity index (χ1) is 16.6. The number of rotatable bonds is 8. The number of hydrogen-bond donors (Lipinski definition) is 2. The molecule has 1 aliphatic rings. The Hall–Kier alpha value is -2.61. The van der Waals surface area contributed by atoms with Crippen molar-refractivity contribution in [3.05, 3.63) is 69.3 Å². The summed E-state index contributed by atoms with van der Waals surface area (Å²) >= 11 is 7.09. The van der Waals surface area contributed by atoms with Crippen LogP contribution in [0.1, 0.15) is 11.3 Å². The predicted octanol–water partition coefficient (Wildman–Crippen LogP) is 3.07. The van der Waals surface area contributed by atoms with Crippen molar-refractivity contribution in [3.8, 4) is 11.1 Å². The van der Waals surface area contributed by atoms with Crippen molar-refractivity contribution in [1.29, 1.82) is 0 Å². The van der Waals surface area contributed by atoms with Crippen molar-refractivity contribution < 1.29 is 21.6 Å². The molecule has 1 aliphatic heterocycles. The SMILES string of the molecule is CNS(=O)(=O)c1ccccc1-c1ccc(N2CCC(NS(=O)(=O)/C=C/c3ccc(Cl)s3)C2=O)nc1. The molecule has 0 saturated carbocycles. The Balaban J connectivity index is 1.48. The van der Waals surface area contributed by atoms with Gasteiger partial charge in [0.1, 0.15) is 11.9 Å². The molecule has 35 heavy (non-hydrogen) atoms. The average molecular weight is 553 g/mol. The molecule has 1 amide bonds. The maximum Gasteiger partial charge on any atom is 0.246 e. The number of hydrogen-bond acceptors (Lipinski definition) is 7. The van der Waals surface area contributed by atoms with Crippen LogP contribution < -0.4 is 14.3 Å². The van der Waals surface area contributed by atoms with E-state index in [2.05, 4.69) is 14.4 Å². The van der Waals surface area contributed by atoms with Crippen molar-refractivity contribution in [2.24, 2.45) is 0 Å². The lowest BCUT2D eigenvalue weighted by Crippen LogP contribution is -2.40. The number of anilines is 1. The van der Waals surface area contributed by atoms with Gasteiger partial charge in [0.25, 0.3) is 0 Å². The summed E-state index contributed by atoms with van der Waals surface area (Å²) in [4.78, 5) is 19.4. The minimum absolute atomic E-state index is 0.113. The molecule has 1 unspecified atom stereocenters. The van der Waals surface area contributed by atoms with E-state index in [0.29, 0.717) is 26.2 Å². The first-order valence-electron chi connectivity index (χ1n) is 10.4. The lowest BCUT2D eigenvalue weighted by Gasteiger charge is -2.17. The van der Waals surface area contributed by atoms with Crippen LogP contribution in [0, 0.1) is 0 Å². The monoisotopic (exact) mass is 552 g/mol. The molecule has 0 spiro atoms. The van der Waals surface area contributed by atoms with Crippen molar-refractivity contribution in [2.45, 2.75) is 17.4 Å². The van der Waals surface area contributed by atoms with E-state index in [1.165, 1.54) is 41.6 Å². The van der Waals surface area contributed by atoms with Gasteiger partial charge in [0.2, 0.25) is 26.0 Å². The van der Waals surface area contributed by atoms with E-state index >= 15 is 0 Å². The van der Waals surface area contributed by atoms with Crippen molar-refractivity contribution in [2.75, 3.05) is 18.5 Å². The zero-order chi connectivity index (χ0) is 25.2. The van der Waals surface area contributed by atoms with Gasteiger partial charge in [0.15, 0.2) is 0 Å². The van der Waals surface area contributed by atoms with E-state index in [1.54, 1.807) is 42.5 Å². The van der Waals surface area contributed by atoms with Crippen LogP contribution in [0.5, 0.6) is 0 Å². The molecule has 9 nitrogen and oxygen atoms in total. The van der Waals surface area contributed by atoms with E-state index in [1.807, 2.05) is 0 Å². The number of sulfonamides is 2. The molecule has 1 aromatic carbocycles. The topological polar surface area (TPSA) is 126 Å². The molecule has 4 rings (SSSR count). The molecule has 0 aliphatic carbocycles. The minimum atomic E-state index is -3.85. The predicted molar refractivity (Wildman–Crippen MR) is 137 cm³/mol. The third kappa shape index (κ3) is 5.80. The van der Waals surface area contributed by atoms with Gasteiger partial charge in [-0.25, -0.2) is 26.5 Å². The Kier molecular flexibility index (Phi) is 7.40. The van der Waals surface area contributed by atoms with E-state index < -0.39 is 32.0 Å². The largest absolute Gasteiger partial charge is 0.295 e. The van der Waals surface area contributed by atoms with Crippen LogP contribution in [0.2, 0.25) is 4.34 Å². The lowest BCUT2D eigenvalue weighted by molar-refractivity contribution is -0.118. The second-order valence-electron chi connectivity index (χ2n) is 7.55. The molecule has 3 aromatic rings. The van der Waals surface area contributed by atoms with Crippen LogP contribution in [0.25, 0.3) is 17.2 Å². The summed E-state index contributed by atoms with van der Waals surface area (Å²) in [6.07, 6.45) is 3.19. The van der Waals surface area contributed by atoms with E-state index in [-0.39, 0.29) is 17.9 Å².